The SMILES string of the molecule is O=CCC#Cc1ccc(C(F)(F)F)c([N+](=O)[O-])c1. The molecule has 0 heterocycles. The number of alkyl halides is 3. The maximum Gasteiger partial charge on any atom is 0.422 e. The first kappa shape index (κ1) is 13.7. The normalized spacial score (nSPS) is 10.4. The van der Waals surface area contributed by atoms with Crippen molar-refractivity contribution in [2.24, 2.45) is 0 Å². The fourth-order valence-electron chi connectivity index (χ4n) is 1.19. The molecule has 18 heavy (non-hydrogen) atoms. The van der Waals surface area contributed by atoms with Crippen molar-refractivity contribution in [3.8, 4) is 11.8 Å². The van der Waals surface area contributed by atoms with Crippen LogP contribution in [0.4, 0.5) is 18.9 Å². The molecule has 0 aliphatic rings. The second-order valence-corrected chi connectivity index (χ2v) is 3.16. The molecule has 0 bridgehead atoms. The van der Waals surface area contributed by atoms with E-state index in [1.54, 1.807) is 0 Å². The van der Waals surface area contributed by atoms with E-state index in [4.69, 9.17) is 0 Å². The first-order valence-corrected chi connectivity index (χ1v) is 4.64. The number of nitrogens with zero attached hydrogens (tertiary/aromatic N) is 1. The zero-order valence-corrected chi connectivity index (χ0v) is 8.82. The molecule has 0 N–H and O–H groups in total. The van der Waals surface area contributed by atoms with Gasteiger partial charge in [0.2, 0.25) is 0 Å². The largest absolute Gasteiger partial charge is 0.422 e. The van der Waals surface area contributed by atoms with E-state index in [2.05, 4.69) is 11.8 Å². The summed E-state index contributed by atoms with van der Waals surface area (Å²) < 4.78 is 37.4. The Morgan fingerprint density at radius 3 is 2.56 bits per heavy atom. The van der Waals surface area contributed by atoms with E-state index < -0.39 is 22.4 Å². The summed E-state index contributed by atoms with van der Waals surface area (Å²) in [5.41, 5.74) is -2.33. The Kier molecular flexibility index (Phi) is 4.05. The molecule has 0 atom stereocenters. The highest BCUT2D eigenvalue weighted by molar-refractivity contribution is 5.56. The van der Waals surface area contributed by atoms with Crippen LogP contribution in [0, 0.1) is 22.0 Å². The van der Waals surface area contributed by atoms with Crippen LogP contribution in [-0.4, -0.2) is 11.2 Å². The van der Waals surface area contributed by atoms with Crippen molar-refractivity contribution >= 4 is 12.0 Å². The van der Waals surface area contributed by atoms with Crippen LogP contribution in [0.1, 0.15) is 17.5 Å². The Bertz CT molecular complexity index is 541. The van der Waals surface area contributed by atoms with Gasteiger partial charge in [-0.05, 0) is 12.1 Å². The minimum absolute atomic E-state index is 0.0524. The van der Waals surface area contributed by atoms with Crippen LogP contribution < -0.4 is 0 Å². The maximum absolute atomic E-state index is 12.5. The van der Waals surface area contributed by atoms with Gasteiger partial charge < -0.3 is 4.79 Å². The number of rotatable bonds is 2. The zero-order chi connectivity index (χ0) is 13.8. The molecule has 0 aliphatic carbocycles. The molecule has 0 spiro atoms. The van der Waals surface area contributed by atoms with E-state index in [-0.39, 0.29) is 12.0 Å². The molecule has 7 heteroatoms. The minimum Gasteiger partial charge on any atom is -0.302 e. The summed E-state index contributed by atoms with van der Waals surface area (Å²) in [6, 6.07) is 2.36. The number of nitro groups is 1. The third kappa shape index (κ3) is 3.31. The molecule has 0 unspecified atom stereocenters. The lowest BCUT2D eigenvalue weighted by molar-refractivity contribution is -0.388. The molecule has 1 aromatic carbocycles. The predicted octanol–water partition coefficient (Wildman–Crippen LogP) is 2.55. The van der Waals surface area contributed by atoms with Gasteiger partial charge >= 0.3 is 6.18 Å². The summed E-state index contributed by atoms with van der Waals surface area (Å²) in [5, 5.41) is 10.6. The number of hydrogen-bond donors (Lipinski definition) is 0. The van der Waals surface area contributed by atoms with Crippen molar-refractivity contribution in [2.45, 2.75) is 12.6 Å². The lowest BCUT2D eigenvalue weighted by Crippen LogP contribution is -2.08. The van der Waals surface area contributed by atoms with Gasteiger partial charge in [-0.1, -0.05) is 11.8 Å². The average molecular weight is 257 g/mol. The van der Waals surface area contributed by atoms with E-state index in [0.717, 1.165) is 12.1 Å². The molecule has 1 rings (SSSR count). The van der Waals surface area contributed by atoms with E-state index in [1.807, 2.05) is 0 Å². The van der Waals surface area contributed by atoms with Gasteiger partial charge in [-0.3, -0.25) is 10.1 Å². The summed E-state index contributed by atoms with van der Waals surface area (Å²) in [4.78, 5) is 19.4. The van der Waals surface area contributed by atoms with Crippen LogP contribution in [0.2, 0.25) is 0 Å². The first-order valence-electron chi connectivity index (χ1n) is 4.64. The molecule has 0 aliphatic heterocycles. The molecular weight excluding hydrogens is 251 g/mol. The number of benzene rings is 1. The van der Waals surface area contributed by atoms with E-state index >= 15 is 0 Å². The maximum atomic E-state index is 12.5. The second kappa shape index (κ2) is 5.31. The topological polar surface area (TPSA) is 60.2 Å². The van der Waals surface area contributed by atoms with Gasteiger partial charge in [0.15, 0.2) is 0 Å². The summed E-state index contributed by atoms with van der Waals surface area (Å²) in [6.45, 7) is 0. The van der Waals surface area contributed by atoms with Crippen LogP contribution in [0.3, 0.4) is 0 Å². The second-order valence-electron chi connectivity index (χ2n) is 3.16. The van der Waals surface area contributed by atoms with Crippen LogP contribution in [0.5, 0.6) is 0 Å². The molecule has 0 amide bonds. The van der Waals surface area contributed by atoms with Gasteiger partial charge in [-0.2, -0.15) is 13.2 Å². The van der Waals surface area contributed by atoms with Crippen molar-refractivity contribution < 1.29 is 22.9 Å². The average Bonchev–Trinajstić information content (AvgIpc) is 2.27. The molecule has 0 saturated carbocycles. The molecule has 0 aromatic heterocycles. The van der Waals surface area contributed by atoms with Gasteiger partial charge in [-0.25, -0.2) is 0 Å². The van der Waals surface area contributed by atoms with Crippen LogP contribution in [0.15, 0.2) is 18.2 Å². The Balaban J connectivity index is 3.25. The lowest BCUT2D eigenvalue weighted by atomic mass is 10.1. The van der Waals surface area contributed by atoms with Crippen LogP contribution >= 0.6 is 0 Å². The first-order chi connectivity index (χ1) is 8.36. The molecular formula is C11H6F3NO3. The highest BCUT2D eigenvalue weighted by atomic mass is 19.4. The molecule has 4 nitrogen and oxygen atoms in total. The summed E-state index contributed by atoms with van der Waals surface area (Å²) >= 11 is 0. The fourth-order valence-corrected chi connectivity index (χ4v) is 1.19. The fraction of sp³-hybridized carbons (Fsp3) is 0.182. The number of carbonyl (C=O) groups excluding carboxylic acids is 1. The number of halogens is 3. The van der Waals surface area contributed by atoms with Gasteiger partial charge in [-0.15, -0.1) is 0 Å². The molecule has 0 saturated heterocycles. The monoisotopic (exact) mass is 257 g/mol. The standard InChI is InChI=1S/C11H6F3NO3/c12-11(13,14)9-5-4-8(3-1-2-6-16)7-10(9)15(17)18/h4-7H,2H2. The van der Waals surface area contributed by atoms with Crippen molar-refractivity contribution in [2.75, 3.05) is 0 Å². The van der Waals surface area contributed by atoms with Crippen molar-refractivity contribution in [1.82, 2.24) is 0 Å². The minimum atomic E-state index is -4.79. The number of carbonyl (C=O) groups is 1. The highest BCUT2D eigenvalue weighted by Crippen LogP contribution is 2.36. The smallest absolute Gasteiger partial charge is 0.302 e. The molecule has 94 valence electrons. The number of nitro benzene ring substituents is 1. The highest BCUT2D eigenvalue weighted by Gasteiger charge is 2.38. The zero-order valence-electron chi connectivity index (χ0n) is 8.82. The van der Waals surface area contributed by atoms with E-state index in [1.165, 1.54) is 0 Å². The van der Waals surface area contributed by atoms with Crippen molar-refractivity contribution in [3.63, 3.8) is 0 Å². The molecule has 1 aromatic rings. The van der Waals surface area contributed by atoms with Crippen molar-refractivity contribution in [3.05, 3.63) is 39.4 Å². The summed E-state index contributed by atoms with van der Waals surface area (Å²) in [6.07, 6.45) is -4.36. The third-order valence-electron chi connectivity index (χ3n) is 1.92. The third-order valence-corrected chi connectivity index (χ3v) is 1.92. The van der Waals surface area contributed by atoms with E-state index in [0.29, 0.717) is 12.4 Å². The number of aldehydes is 1. The Hall–Kier alpha value is -2.36. The summed E-state index contributed by atoms with van der Waals surface area (Å²) in [7, 11) is 0. The van der Waals surface area contributed by atoms with E-state index in [9.17, 15) is 28.1 Å². The van der Waals surface area contributed by atoms with Crippen LogP contribution in [-0.2, 0) is 11.0 Å². The Morgan fingerprint density at radius 2 is 2.06 bits per heavy atom. The number of hydrogen-bond acceptors (Lipinski definition) is 3. The van der Waals surface area contributed by atoms with Gasteiger partial charge in [0.05, 0.1) is 11.3 Å². The quantitative estimate of drug-likeness (QED) is 0.354. The van der Waals surface area contributed by atoms with Gasteiger partial charge in [0.1, 0.15) is 11.8 Å². The lowest BCUT2D eigenvalue weighted by Gasteiger charge is -2.07. The van der Waals surface area contributed by atoms with Crippen LogP contribution in [0.25, 0.3) is 0 Å². The summed E-state index contributed by atoms with van der Waals surface area (Å²) in [5.74, 6) is 4.72. The molecule has 0 radical (unpaired) electrons. The Morgan fingerprint density at radius 1 is 1.39 bits per heavy atom. The van der Waals surface area contributed by atoms with Crippen molar-refractivity contribution in [1.29, 1.82) is 0 Å². The predicted molar refractivity (Wildman–Crippen MR) is 55.7 cm³/mol. The van der Waals surface area contributed by atoms with Gasteiger partial charge in [0, 0.05) is 11.6 Å². The molecule has 0 fully saturated rings. The Labute approximate surface area is 99.6 Å². The van der Waals surface area contributed by atoms with Gasteiger partial charge in [0.25, 0.3) is 5.69 Å².